The molecule has 1 heterocycles. The Labute approximate surface area is 145 Å². The molecule has 1 aromatic heterocycles. The van der Waals surface area contributed by atoms with Crippen molar-refractivity contribution in [1.82, 2.24) is 15.5 Å². The van der Waals surface area contributed by atoms with Gasteiger partial charge in [0.1, 0.15) is 11.7 Å². The monoisotopic (exact) mass is 347 g/mol. The molecule has 9 nitrogen and oxygen atoms in total. The summed E-state index contributed by atoms with van der Waals surface area (Å²) in [5.41, 5.74) is 0.322. The first-order valence-corrected chi connectivity index (χ1v) is 7.83. The number of aryl methyl sites for hydroxylation is 1. The molecule has 0 aliphatic carbocycles. The minimum absolute atomic E-state index is 0.0405. The van der Waals surface area contributed by atoms with Gasteiger partial charge in [-0.05, 0) is 18.9 Å². The zero-order valence-electron chi connectivity index (χ0n) is 14.6. The van der Waals surface area contributed by atoms with Crippen molar-refractivity contribution in [3.8, 4) is 0 Å². The maximum absolute atomic E-state index is 12.4. The predicted molar refractivity (Wildman–Crippen MR) is 91.1 cm³/mol. The second kappa shape index (κ2) is 7.73. The van der Waals surface area contributed by atoms with Crippen LogP contribution in [0.2, 0.25) is 0 Å². The molecule has 0 aliphatic heterocycles. The molecule has 1 aromatic carbocycles. The zero-order chi connectivity index (χ0) is 18.6. The van der Waals surface area contributed by atoms with Gasteiger partial charge >= 0.3 is 0 Å². The average molecular weight is 347 g/mol. The maximum Gasteiger partial charge on any atom is 0.292 e. The van der Waals surface area contributed by atoms with E-state index in [1.807, 2.05) is 13.8 Å². The van der Waals surface area contributed by atoms with Crippen LogP contribution in [0.5, 0.6) is 0 Å². The van der Waals surface area contributed by atoms with Crippen molar-refractivity contribution in [3.63, 3.8) is 0 Å². The number of likely N-dealkylation sites (N-methyl/N-ethyl adjacent to an activating group) is 1. The Morgan fingerprint density at radius 2 is 2.08 bits per heavy atom. The van der Waals surface area contributed by atoms with Crippen molar-refractivity contribution in [1.29, 1.82) is 0 Å². The summed E-state index contributed by atoms with van der Waals surface area (Å²) >= 11 is 0. The van der Waals surface area contributed by atoms with E-state index < -0.39 is 11.0 Å². The molecule has 0 bridgehead atoms. The summed E-state index contributed by atoms with van der Waals surface area (Å²) in [6.45, 7) is 5.52. The number of carbonyl (C=O) groups excluding carboxylic acids is 1. The van der Waals surface area contributed by atoms with Crippen molar-refractivity contribution in [2.24, 2.45) is 5.92 Å². The summed E-state index contributed by atoms with van der Waals surface area (Å²) in [5, 5.41) is 17.7. The number of para-hydroxylation sites is 2. The maximum atomic E-state index is 12.4. The summed E-state index contributed by atoms with van der Waals surface area (Å²) in [6, 6.07) is 5.86. The van der Waals surface area contributed by atoms with E-state index in [9.17, 15) is 14.9 Å². The topological polar surface area (TPSA) is 114 Å². The average Bonchev–Trinajstić information content (AvgIpc) is 2.98. The first kappa shape index (κ1) is 18.4. The largest absolute Gasteiger partial charge is 0.360 e. The van der Waals surface area contributed by atoms with Crippen LogP contribution in [0.1, 0.15) is 31.6 Å². The molecule has 0 fully saturated rings. The lowest BCUT2D eigenvalue weighted by Crippen LogP contribution is -2.39. The number of hydrogen-bond acceptors (Lipinski definition) is 7. The van der Waals surface area contributed by atoms with E-state index in [1.54, 1.807) is 32.2 Å². The Hall–Kier alpha value is -2.97. The van der Waals surface area contributed by atoms with Crippen LogP contribution < -0.4 is 10.2 Å². The first-order chi connectivity index (χ1) is 11.8. The highest BCUT2D eigenvalue weighted by molar-refractivity contribution is 5.82. The van der Waals surface area contributed by atoms with Gasteiger partial charge < -0.3 is 14.7 Å². The van der Waals surface area contributed by atoms with Gasteiger partial charge in [-0.1, -0.05) is 31.1 Å². The lowest BCUT2D eigenvalue weighted by molar-refractivity contribution is -0.384. The van der Waals surface area contributed by atoms with E-state index in [2.05, 4.69) is 15.5 Å². The number of nitro groups is 1. The van der Waals surface area contributed by atoms with Gasteiger partial charge in [0.2, 0.25) is 11.8 Å². The highest BCUT2D eigenvalue weighted by Crippen LogP contribution is 2.26. The fourth-order valence-electron chi connectivity index (χ4n) is 2.41. The lowest BCUT2D eigenvalue weighted by atomic mass is 10.0. The first-order valence-electron chi connectivity index (χ1n) is 7.83. The van der Waals surface area contributed by atoms with Gasteiger partial charge in [0.15, 0.2) is 5.82 Å². The van der Waals surface area contributed by atoms with E-state index in [4.69, 9.17) is 4.52 Å². The molecule has 2 rings (SSSR count). The SMILES string of the molecule is Cc1noc([C@@H](NC(=O)CN(C)c2ccccc2[N+](=O)[O-])C(C)C)n1. The van der Waals surface area contributed by atoms with Gasteiger partial charge in [0.05, 0.1) is 11.5 Å². The zero-order valence-corrected chi connectivity index (χ0v) is 14.6. The quantitative estimate of drug-likeness (QED) is 0.603. The summed E-state index contributed by atoms with van der Waals surface area (Å²) in [4.78, 5) is 28.7. The van der Waals surface area contributed by atoms with Crippen LogP contribution in [-0.2, 0) is 4.79 Å². The number of aromatic nitrogens is 2. The van der Waals surface area contributed by atoms with Crippen LogP contribution in [0.15, 0.2) is 28.8 Å². The highest BCUT2D eigenvalue weighted by Gasteiger charge is 2.25. The van der Waals surface area contributed by atoms with Crippen LogP contribution in [-0.4, -0.2) is 34.6 Å². The third-order valence-electron chi connectivity index (χ3n) is 3.66. The fourth-order valence-corrected chi connectivity index (χ4v) is 2.41. The highest BCUT2D eigenvalue weighted by atomic mass is 16.6. The molecule has 0 saturated carbocycles. The van der Waals surface area contributed by atoms with E-state index in [0.29, 0.717) is 17.4 Å². The number of anilines is 1. The van der Waals surface area contributed by atoms with Gasteiger partial charge in [-0.25, -0.2) is 0 Å². The van der Waals surface area contributed by atoms with E-state index >= 15 is 0 Å². The molecular weight excluding hydrogens is 326 g/mol. The molecule has 134 valence electrons. The molecule has 0 unspecified atom stereocenters. The van der Waals surface area contributed by atoms with E-state index in [-0.39, 0.29) is 24.1 Å². The third-order valence-corrected chi connectivity index (χ3v) is 3.66. The van der Waals surface area contributed by atoms with Gasteiger partial charge in [-0.15, -0.1) is 0 Å². The molecule has 0 radical (unpaired) electrons. The Morgan fingerprint density at radius 1 is 1.40 bits per heavy atom. The molecule has 9 heteroatoms. The number of hydrogen-bond donors (Lipinski definition) is 1. The van der Waals surface area contributed by atoms with Crippen LogP contribution in [0.3, 0.4) is 0 Å². The molecule has 2 aromatic rings. The number of nitrogens with one attached hydrogen (secondary N) is 1. The van der Waals surface area contributed by atoms with Crippen molar-refractivity contribution >= 4 is 17.3 Å². The van der Waals surface area contributed by atoms with Gasteiger partial charge in [0, 0.05) is 13.1 Å². The summed E-state index contributed by atoms with van der Waals surface area (Å²) in [5.74, 6) is 0.580. The number of nitro benzene ring substituents is 1. The Kier molecular flexibility index (Phi) is 5.68. The molecule has 0 spiro atoms. The standard InChI is InChI=1S/C16H21N5O4/c1-10(2)15(16-17-11(3)19-25-16)18-14(22)9-20(4)12-7-5-6-8-13(12)21(23)24/h5-8,10,15H,9H2,1-4H3,(H,18,22)/t15-/m0/s1. The van der Waals surface area contributed by atoms with Crippen molar-refractivity contribution in [2.45, 2.75) is 26.8 Å². The number of rotatable bonds is 7. The summed E-state index contributed by atoms with van der Waals surface area (Å²) < 4.78 is 5.15. The van der Waals surface area contributed by atoms with Crippen molar-refractivity contribution in [2.75, 3.05) is 18.5 Å². The Morgan fingerprint density at radius 3 is 2.64 bits per heavy atom. The van der Waals surface area contributed by atoms with Crippen LogP contribution in [0, 0.1) is 23.0 Å². The van der Waals surface area contributed by atoms with Gasteiger partial charge in [-0.2, -0.15) is 4.98 Å². The Bertz CT molecular complexity index is 758. The smallest absolute Gasteiger partial charge is 0.292 e. The molecule has 0 aliphatic rings. The van der Waals surface area contributed by atoms with Crippen LogP contribution in [0.4, 0.5) is 11.4 Å². The fraction of sp³-hybridized carbons (Fsp3) is 0.438. The van der Waals surface area contributed by atoms with Gasteiger partial charge in [0.25, 0.3) is 5.69 Å². The molecule has 0 saturated heterocycles. The van der Waals surface area contributed by atoms with Crippen molar-refractivity contribution < 1.29 is 14.2 Å². The Balaban J connectivity index is 2.09. The second-order valence-corrected chi connectivity index (χ2v) is 6.07. The number of nitrogens with zero attached hydrogens (tertiary/aromatic N) is 4. The van der Waals surface area contributed by atoms with E-state index in [1.165, 1.54) is 11.0 Å². The lowest BCUT2D eigenvalue weighted by Gasteiger charge is -2.22. The van der Waals surface area contributed by atoms with Crippen LogP contribution in [0.25, 0.3) is 0 Å². The minimum Gasteiger partial charge on any atom is -0.360 e. The molecule has 1 N–H and O–H groups in total. The predicted octanol–water partition coefficient (Wildman–Crippen LogP) is 2.24. The second-order valence-electron chi connectivity index (χ2n) is 6.07. The third kappa shape index (κ3) is 4.52. The van der Waals surface area contributed by atoms with Crippen LogP contribution >= 0.6 is 0 Å². The number of benzene rings is 1. The van der Waals surface area contributed by atoms with Crippen molar-refractivity contribution in [3.05, 3.63) is 46.1 Å². The van der Waals surface area contributed by atoms with Gasteiger partial charge in [-0.3, -0.25) is 14.9 Å². The summed E-state index contributed by atoms with van der Waals surface area (Å²) in [7, 11) is 1.63. The summed E-state index contributed by atoms with van der Waals surface area (Å²) in [6.07, 6.45) is 0. The minimum atomic E-state index is -0.470. The molecule has 25 heavy (non-hydrogen) atoms. The molecular formula is C16H21N5O4. The van der Waals surface area contributed by atoms with E-state index in [0.717, 1.165) is 0 Å². The molecule has 1 atom stereocenters. The number of amides is 1. The normalized spacial score (nSPS) is 12.0. The molecule has 1 amide bonds. The number of carbonyl (C=O) groups is 1.